The van der Waals surface area contributed by atoms with Gasteiger partial charge in [0, 0.05) is 0 Å². The van der Waals surface area contributed by atoms with Crippen molar-refractivity contribution in [3.63, 3.8) is 0 Å². The number of carbonyl (C=O) groups is 1. The number of aromatic carboxylic acids is 1. The maximum Gasteiger partial charge on any atom is 0.341 e. The van der Waals surface area contributed by atoms with Gasteiger partial charge in [0.25, 0.3) is 0 Å². The molecule has 0 bridgehead atoms. The van der Waals surface area contributed by atoms with E-state index in [1.807, 2.05) is 0 Å². The molecule has 0 radical (unpaired) electrons. The van der Waals surface area contributed by atoms with Crippen molar-refractivity contribution in [1.29, 1.82) is 0 Å². The lowest BCUT2D eigenvalue weighted by Gasteiger charge is -2.05. The molecule has 70 valence electrons. The van der Waals surface area contributed by atoms with Gasteiger partial charge in [0.2, 0.25) is 0 Å². The third-order valence-corrected chi connectivity index (χ3v) is 2.22. The van der Waals surface area contributed by atoms with Crippen molar-refractivity contribution in [2.24, 2.45) is 0 Å². The summed E-state index contributed by atoms with van der Waals surface area (Å²) in [6.45, 7) is 0.913. The van der Waals surface area contributed by atoms with Gasteiger partial charge in [-0.25, -0.2) is 4.79 Å². The first kappa shape index (κ1) is 8.25. The molecule has 0 unspecified atom stereocenters. The Kier molecular flexibility index (Phi) is 2.02. The molecule has 1 aliphatic rings. The quantitative estimate of drug-likeness (QED) is 0.707. The average molecular weight is 182 g/mol. The Labute approximate surface area is 74.7 Å². The Morgan fingerprint density at radius 2 is 2.62 bits per heavy atom. The summed E-state index contributed by atoms with van der Waals surface area (Å²) in [4.78, 5) is 10.7. The highest BCUT2D eigenvalue weighted by Gasteiger charge is 2.25. The minimum Gasteiger partial charge on any atom is -0.478 e. The van der Waals surface area contributed by atoms with Crippen molar-refractivity contribution >= 4 is 5.97 Å². The molecule has 1 atom stereocenters. The summed E-state index contributed by atoms with van der Waals surface area (Å²) in [6.07, 6.45) is 3.15. The molecule has 0 aliphatic carbocycles. The summed E-state index contributed by atoms with van der Waals surface area (Å²) in [5.41, 5.74) is 0.685. The zero-order chi connectivity index (χ0) is 9.26. The Bertz CT molecular complexity index is 315. The number of hydrogen-bond acceptors (Lipinski definition) is 4. The Hall–Kier alpha value is -1.36. The van der Waals surface area contributed by atoms with Crippen molar-refractivity contribution < 1.29 is 14.4 Å². The van der Waals surface area contributed by atoms with Crippen LogP contribution in [0.2, 0.25) is 0 Å². The molecule has 0 aromatic carbocycles. The highest BCUT2D eigenvalue weighted by atomic mass is 16.5. The smallest absolute Gasteiger partial charge is 0.341 e. The lowest BCUT2D eigenvalue weighted by atomic mass is 10.1. The minimum atomic E-state index is -0.982. The van der Waals surface area contributed by atoms with Gasteiger partial charge in [0.05, 0.1) is 6.04 Å². The van der Waals surface area contributed by atoms with E-state index in [4.69, 9.17) is 5.11 Å². The van der Waals surface area contributed by atoms with Gasteiger partial charge in [-0.05, 0) is 19.4 Å². The Morgan fingerprint density at radius 1 is 1.77 bits per heavy atom. The molecule has 1 aromatic heterocycles. The van der Waals surface area contributed by atoms with Gasteiger partial charge in [-0.3, -0.25) is 0 Å². The van der Waals surface area contributed by atoms with E-state index >= 15 is 0 Å². The van der Waals surface area contributed by atoms with Crippen LogP contribution in [-0.2, 0) is 0 Å². The van der Waals surface area contributed by atoms with Crippen LogP contribution in [0.1, 0.15) is 34.9 Å². The van der Waals surface area contributed by atoms with E-state index in [1.54, 1.807) is 0 Å². The van der Waals surface area contributed by atoms with Crippen LogP contribution in [0.25, 0.3) is 0 Å². The van der Waals surface area contributed by atoms with Gasteiger partial charge in [-0.1, -0.05) is 5.16 Å². The molecule has 5 nitrogen and oxygen atoms in total. The molecule has 2 heterocycles. The summed E-state index contributed by atoms with van der Waals surface area (Å²) in [7, 11) is 0. The van der Waals surface area contributed by atoms with Gasteiger partial charge in [0.15, 0.2) is 0 Å². The van der Waals surface area contributed by atoms with Crippen LogP contribution < -0.4 is 5.32 Å². The molecule has 1 aromatic rings. The van der Waals surface area contributed by atoms with E-state index in [0.717, 1.165) is 19.4 Å². The second kappa shape index (κ2) is 3.18. The van der Waals surface area contributed by atoms with Crippen LogP contribution in [0.15, 0.2) is 10.8 Å². The SMILES string of the molecule is O=C(O)c1conc1[C@@H]1CCCN1. The Morgan fingerprint density at radius 3 is 3.23 bits per heavy atom. The molecule has 0 spiro atoms. The van der Waals surface area contributed by atoms with Crippen molar-refractivity contribution in [3.05, 3.63) is 17.5 Å². The van der Waals surface area contributed by atoms with Crippen molar-refractivity contribution in [1.82, 2.24) is 10.5 Å². The maximum absolute atomic E-state index is 10.7. The molecule has 5 heteroatoms. The molecule has 2 N–H and O–H groups in total. The molecule has 1 aliphatic heterocycles. The average Bonchev–Trinajstić information content (AvgIpc) is 2.74. The molecule has 13 heavy (non-hydrogen) atoms. The van der Waals surface area contributed by atoms with E-state index in [9.17, 15) is 4.79 Å². The number of aromatic nitrogens is 1. The second-order valence-corrected chi connectivity index (χ2v) is 3.07. The van der Waals surface area contributed by atoms with Gasteiger partial charge >= 0.3 is 5.97 Å². The first-order chi connectivity index (χ1) is 6.29. The standard InChI is InChI=1S/C8H10N2O3/c11-8(12)5-4-13-10-7(5)6-2-1-3-9-6/h4,6,9H,1-3H2,(H,11,12)/t6-/m0/s1. The van der Waals surface area contributed by atoms with E-state index in [-0.39, 0.29) is 11.6 Å². The fraction of sp³-hybridized carbons (Fsp3) is 0.500. The third-order valence-electron chi connectivity index (χ3n) is 2.22. The zero-order valence-electron chi connectivity index (χ0n) is 6.99. The van der Waals surface area contributed by atoms with E-state index < -0.39 is 5.97 Å². The lowest BCUT2D eigenvalue weighted by molar-refractivity contribution is 0.0694. The van der Waals surface area contributed by atoms with E-state index in [1.165, 1.54) is 6.26 Å². The van der Waals surface area contributed by atoms with Crippen molar-refractivity contribution in [2.45, 2.75) is 18.9 Å². The topological polar surface area (TPSA) is 75.4 Å². The highest BCUT2D eigenvalue weighted by Crippen LogP contribution is 2.24. The van der Waals surface area contributed by atoms with Crippen LogP contribution in [0.4, 0.5) is 0 Å². The van der Waals surface area contributed by atoms with Gasteiger partial charge < -0.3 is 14.9 Å². The molecule has 2 rings (SSSR count). The summed E-state index contributed by atoms with van der Waals surface area (Å²) in [5.74, 6) is -0.982. The predicted molar refractivity (Wildman–Crippen MR) is 43.4 cm³/mol. The first-order valence-electron chi connectivity index (χ1n) is 4.20. The fourth-order valence-corrected chi connectivity index (χ4v) is 1.57. The van der Waals surface area contributed by atoms with E-state index in [2.05, 4.69) is 15.0 Å². The molecule has 1 fully saturated rings. The zero-order valence-corrected chi connectivity index (χ0v) is 6.99. The third kappa shape index (κ3) is 1.42. The predicted octanol–water partition coefficient (Wildman–Crippen LogP) is 0.797. The largest absolute Gasteiger partial charge is 0.478 e. The summed E-state index contributed by atoms with van der Waals surface area (Å²) < 4.78 is 4.65. The van der Waals surface area contributed by atoms with Crippen LogP contribution in [-0.4, -0.2) is 22.8 Å². The number of nitrogens with zero attached hydrogens (tertiary/aromatic N) is 1. The minimum absolute atomic E-state index is 0.0462. The summed E-state index contributed by atoms with van der Waals surface area (Å²) >= 11 is 0. The number of hydrogen-bond donors (Lipinski definition) is 2. The van der Waals surface area contributed by atoms with Crippen LogP contribution in [0, 0.1) is 0 Å². The molecule has 1 saturated heterocycles. The first-order valence-corrected chi connectivity index (χ1v) is 4.20. The number of rotatable bonds is 2. The van der Waals surface area contributed by atoms with Crippen molar-refractivity contribution in [2.75, 3.05) is 6.54 Å². The Balaban J connectivity index is 2.28. The summed E-state index contributed by atoms with van der Waals surface area (Å²) in [6, 6.07) is 0.0462. The second-order valence-electron chi connectivity index (χ2n) is 3.07. The molecular weight excluding hydrogens is 172 g/mol. The van der Waals surface area contributed by atoms with Crippen LogP contribution >= 0.6 is 0 Å². The normalized spacial score (nSPS) is 22.0. The number of carboxylic acids is 1. The number of nitrogens with one attached hydrogen (secondary N) is 1. The van der Waals surface area contributed by atoms with Gasteiger partial charge in [0.1, 0.15) is 17.5 Å². The summed E-state index contributed by atoms with van der Waals surface area (Å²) in [5, 5.41) is 15.7. The van der Waals surface area contributed by atoms with Gasteiger partial charge in [-0.15, -0.1) is 0 Å². The number of carboxylic acid groups (broad SMARTS) is 1. The maximum atomic E-state index is 10.7. The molecule has 0 amide bonds. The van der Waals surface area contributed by atoms with Crippen LogP contribution in [0.3, 0.4) is 0 Å². The highest BCUT2D eigenvalue weighted by molar-refractivity contribution is 5.88. The lowest BCUT2D eigenvalue weighted by Crippen LogP contribution is -2.16. The molecule has 0 saturated carbocycles. The van der Waals surface area contributed by atoms with Crippen molar-refractivity contribution in [3.8, 4) is 0 Å². The fourth-order valence-electron chi connectivity index (χ4n) is 1.57. The van der Waals surface area contributed by atoms with Gasteiger partial charge in [-0.2, -0.15) is 0 Å². The monoisotopic (exact) mass is 182 g/mol. The van der Waals surface area contributed by atoms with Crippen LogP contribution in [0.5, 0.6) is 0 Å². The van der Waals surface area contributed by atoms with E-state index in [0.29, 0.717) is 5.69 Å². The molecular formula is C8H10N2O3.